The summed E-state index contributed by atoms with van der Waals surface area (Å²) in [7, 11) is 0. The van der Waals surface area contributed by atoms with Gasteiger partial charge in [-0.1, -0.05) is 51.1 Å². The Labute approximate surface area is 154 Å². The van der Waals surface area contributed by atoms with Crippen LogP contribution in [0, 0.1) is 11.3 Å². The van der Waals surface area contributed by atoms with Crippen LogP contribution in [-0.4, -0.2) is 11.6 Å². The fourth-order valence-electron chi connectivity index (χ4n) is 4.20. The van der Waals surface area contributed by atoms with Gasteiger partial charge < -0.3 is 4.74 Å². The molecule has 0 saturated heterocycles. The third kappa shape index (κ3) is 4.46. The van der Waals surface area contributed by atoms with Gasteiger partial charge in [-0.15, -0.1) is 0 Å². The van der Waals surface area contributed by atoms with Crippen LogP contribution < -0.4 is 0 Å². The lowest BCUT2D eigenvalue weighted by molar-refractivity contribution is -0.180. The van der Waals surface area contributed by atoms with E-state index in [1.165, 1.54) is 18.4 Å². The molecule has 2 heteroatoms. The lowest BCUT2D eigenvalue weighted by Crippen LogP contribution is -2.45. The maximum atomic E-state index is 12.7. The maximum Gasteiger partial charge on any atom is 0.312 e. The van der Waals surface area contributed by atoms with E-state index in [-0.39, 0.29) is 11.6 Å². The number of hydrogen-bond donors (Lipinski definition) is 0. The molecule has 1 saturated carbocycles. The van der Waals surface area contributed by atoms with Gasteiger partial charge in [0.1, 0.15) is 5.60 Å². The summed E-state index contributed by atoms with van der Waals surface area (Å²) in [5.74, 6) is 1.12. The van der Waals surface area contributed by atoms with Crippen molar-refractivity contribution in [2.45, 2.75) is 91.1 Å². The second-order valence-corrected chi connectivity index (χ2v) is 8.36. The average molecular weight is 345 g/mol. The molecule has 25 heavy (non-hydrogen) atoms. The van der Waals surface area contributed by atoms with Crippen molar-refractivity contribution in [2.24, 2.45) is 11.3 Å². The first kappa shape index (κ1) is 20.0. The summed E-state index contributed by atoms with van der Waals surface area (Å²) >= 11 is 0. The van der Waals surface area contributed by atoms with Crippen LogP contribution in [0.1, 0.15) is 91.0 Å². The van der Waals surface area contributed by atoms with E-state index < -0.39 is 5.41 Å². The summed E-state index contributed by atoms with van der Waals surface area (Å²) in [5.41, 5.74) is 0.783. The lowest BCUT2D eigenvalue weighted by Gasteiger charge is -2.44. The van der Waals surface area contributed by atoms with E-state index in [9.17, 15) is 4.79 Å². The molecular formula is C23H36O2. The predicted molar refractivity (Wildman–Crippen MR) is 105 cm³/mol. The summed E-state index contributed by atoms with van der Waals surface area (Å²) < 4.78 is 6.23. The Morgan fingerprint density at radius 2 is 1.52 bits per heavy atom. The van der Waals surface area contributed by atoms with Crippen molar-refractivity contribution in [2.75, 3.05) is 0 Å². The molecule has 2 nitrogen and oxygen atoms in total. The van der Waals surface area contributed by atoms with Crippen LogP contribution in [0.15, 0.2) is 30.3 Å². The van der Waals surface area contributed by atoms with Crippen molar-refractivity contribution in [3.8, 4) is 0 Å². The lowest BCUT2D eigenvalue weighted by atomic mass is 9.69. The first-order chi connectivity index (χ1) is 11.9. The molecule has 0 unspecified atom stereocenters. The molecule has 1 aromatic rings. The van der Waals surface area contributed by atoms with Gasteiger partial charge in [0.2, 0.25) is 0 Å². The molecule has 2 rings (SSSR count). The van der Waals surface area contributed by atoms with Gasteiger partial charge in [0, 0.05) is 0 Å². The predicted octanol–water partition coefficient (Wildman–Crippen LogP) is 6.50. The highest BCUT2D eigenvalue weighted by atomic mass is 16.6. The van der Waals surface area contributed by atoms with E-state index in [4.69, 9.17) is 4.74 Å². The molecule has 1 aliphatic carbocycles. The van der Waals surface area contributed by atoms with Crippen molar-refractivity contribution >= 4 is 5.97 Å². The number of ether oxygens (including phenoxy) is 1. The van der Waals surface area contributed by atoms with E-state index in [1.807, 2.05) is 13.8 Å². The van der Waals surface area contributed by atoms with Gasteiger partial charge in [-0.2, -0.15) is 0 Å². The summed E-state index contributed by atoms with van der Waals surface area (Å²) in [4.78, 5) is 12.7. The van der Waals surface area contributed by atoms with E-state index in [1.54, 1.807) is 0 Å². The highest BCUT2D eigenvalue weighted by Gasteiger charge is 2.43. The molecule has 0 radical (unpaired) electrons. The third-order valence-corrected chi connectivity index (χ3v) is 6.67. The van der Waals surface area contributed by atoms with Crippen LogP contribution in [0.5, 0.6) is 0 Å². The number of rotatable bonds is 7. The largest absolute Gasteiger partial charge is 0.458 e. The highest BCUT2D eigenvalue weighted by molar-refractivity contribution is 5.76. The van der Waals surface area contributed by atoms with Gasteiger partial charge in [-0.05, 0) is 76.2 Å². The topological polar surface area (TPSA) is 26.3 Å². The molecule has 1 fully saturated rings. The Bertz CT molecular complexity index is 534. The van der Waals surface area contributed by atoms with Crippen molar-refractivity contribution in [1.82, 2.24) is 0 Å². The molecule has 0 spiro atoms. The molecule has 1 aliphatic rings. The van der Waals surface area contributed by atoms with Crippen LogP contribution in [0.3, 0.4) is 0 Å². The highest BCUT2D eigenvalue weighted by Crippen LogP contribution is 2.45. The molecule has 0 atom stereocenters. The van der Waals surface area contributed by atoms with Crippen LogP contribution in [-0.2, 0) is 9.53 Å². The number of carbonyl (C=O) groups is 1. The second-order valence-electron chi connectivity index (χ2n) is 8.36. The normalized spacial score (nSPS) is 21.8. The van der Waals surface area contributed by atoms with Crippen LogP contribution >= 0.6 is 0 Å². The monoisotopic (exact) mass is 344 g/mol. The minimum Gasteiger partial charge on any atom is -0.458 e. The second kappa shape index (κ2) is 8.38. The zero-order valence-corrected chi connectivity index (χ0v) is 16.8. The first-order valence-electron chi connectivity index (χ1n) is 10.2. The summed E-state index contributed by atoms with van der Waals surface area (Å²) in [5, 5.41) is 0. The van der Waals surface area contributed by atoms with E-state index in [2.05, 4.69) is 51.1 Å². The number of benzene rings is 1. The van der Waals surface area contributed by atoms with Gasteiger partial charge in [-0.25, -0.2) is 0 Å². The third-order valence-electron chi connectivity index (χ3n) is 6.67. The first-order valence-corrected chi connectivity index (χ1v) is 10.2. The van der Waals surface area contributed by atoms with Crippen molar-refractivity contribution in [3.63, 3.8) is 0 Å². The van der Waals surface area contributed by atoms with Gasteiger partial charge in [0.15, 0.2) is 0 Å². The SMILES string of the molecule is CCC(C)(C)C(=O)OC(CC)(CC)C1CCC(c2ccccc2)CC1. The molecule has 140 valence electrons. The van der Waals surface area contributed by atoms with E-state index in [0.29, 0.717) is 11.8 Å². The standard InChI is InChI=1S/C23H36O2/c1-6-22(4,5)21(24)25-23(7-2,8-3)20-16-14-19(15-17-20)18-12-10-9-11-13-18/h9-13,19-20H,6-8,14-17H2,1-5H3. The zero-order chi connectivity index (χ0) is 18.5. The zero-order valence-electron chi connectivity index (χ0n) is 16.8. The molecule has 0 aromatic heterocycles. The van der Waals surface area contributed by atoms with Crippen LogP contribution in [0.25, 0.3) is 0 Å². The van der Waals surface area contributed by atoms with Crippen LogP contribution in [0.2, 0.25) is 0 Å². The van der Waals surface area contributed by atoms with Gasteiger partial charge in [-0.3, -0.25) is 4.79 Å². The number of carbonyl (C=O) groups excluding carboxylic acids is 1. The maximum absolute atomic E-state index is 12.7. The van der Waals surface area contributed by atoms with Gasteiger partial charge in [0.05, 0.1) is 5.41 Å². The minimum absolute atomic E-state index is 0.0242. The Kier molecular flexibility index (Phi) is 6.71. The molecule has 0 heterocycles. The quantitative estimate of drug-likeness (QED) is 0.528. The van der Waals surface area contributed by atoms with E-state index >= 15 is 0 Å². The summed E-state index contributed by atoms with van der Waals surface area (Å²) in [6, 6.07) is 10.9. The summed E-state index contributed by atoms with van der Waals surface area (Å²) in [6.07, 6.45) is 7.35. The summed E-state index contributed by atoms with van der Waals surface area (Å²) in [6.45, 7) is 10.4. The fraction of sp³-hybridized carbons (Fsp3) is 0.696. The van der Waals surface area contributed by atoms with Gasteiger partial charge >= 0.3 is 5.97 Å². The Morgan fingerprint density at radius 3 is 2.00 bits per heavy atom. The Hall–Kier alpha value is -1.31. The fourth-order valence-corrected chi connectivity index (χ4v) is 4.20. The number of esters is 1. The molecule has 0 N–H and O–H groups in total. The molecular weight excluding hydrogens is 308 g/mol. The van der Waals surface area contributed by atoms with Crippen LogP contribution in [0.4, 0.5) is 0 Å². The Morgan fingerprint density at radius 1 is 0.960 bits per heavy atom. The smallest absolute Gasteiger partial charge is 0.312 e. The Balaban J connectivity index is 2.07. The molecule has 0 aliphatic heterocycles. The average Bonchev–Trinajstić information content (AvgIpc) is 2.67. The minimum atomic E-state index is -0.392. The molecule has 0 amide bonds. The number of hydrogen-bond acceptors (Lipinski definition) is 2. The van der Waals surface area contributed by atoms with E-state index in [0.717, 1.165) is 32.1 Å². The van der Waals surface area contributed by atoms with Crippen molar-refractivity contribution in [1.29, 1.82) is 0 Å². The van der Waals surface area contributed by atoms with Crippen molar-refractivity contribution < 1.29 is 9.53 Å². The molecule has 1 aromatic carbocycles. The van der Waals surface area contributed by atoms with Gasteiger partial charge in [0.25, 0.3) is 0 Å². The molecule has 0 bridgehead atoms. The van der Waals surface area contributed by atoms with Crippen molar-refractivity contribution in [3.05, 3.63) is 35.9 Å².